The van der Waals surface area contributed by atoms with E-state index in [4.69, 9.17) is 10.2 Å². The van der Waals surface area contributed by atoms with Crippen molar-refractivity contribution in [3.63, 3.8) is 0 Å². The standard InChI is InChI=1S/C11H15NO5/c1-2-9(13)12-8-4-6(10(14)15)3-7(5-8)11(16)17/h2,6-8H,1,3-5H2,(H,12,13)(H,14,15)(H,16,17). The summed E-state index contributed by atoms with van der Waals surface area (Å²) in [6, 6.07) is -0.420. The summed E-state index contributed by atoms with van der Waals surface area (Å²) < 4.78 is 0. The number of hydrogen-bond acceptors (Lipinski definition) is 3. The summed E-state index contributed by atoms with van der Waals surface area (Å²) in [6.07, 6.45) is 1.72. The molecular weight excluding hydrogens is 226 g/mol. The molecule has 6 heteroatoms. The number of amides is 1. The van der Waals surface area contributed by atoms with E-state index in [1.807, 2.05) is 0 Å². The Morgan fingerprint density at radius 2 is 1.53 bits per heavy atom. The Morgan fingerprint density at radius 3 is 1.88 bits per heavy atom. The molecule has 0 spiro atoms. The molecule has 0 aliphatic heterocycles. The zero-order valence-electron chi connectivity index (χ0n) is 9.26. The zero-order valence-corrected chi connectivity index (χ0v) is 9.26. The molecule has 1 amide bonds. The number of carboxylic acid groups (broad SMARTS) is 2. The van der Waals surface area contributed by atoms with Crippen molar-refractivity contribution in [1.29, 1.82) is 0 Å². The second-order valence-electron chi connectivity index (χ2n) is 4.19. The van der Waals surface area contributed by atoms with Crippen molar-refractivity contribution in [3.8, 4) is 0 Å². The van der Waals surface area contributed by atoms with Crippen LogP contribution in [0.2, 0.25) is 0 Å². The van der Waals surface area contributed by atoms with E-state index in [-0.39, 0.29) is 19.3 Å². The zero-order chi connectivity index (χ0) is 13.0. The predicted octanol–water partition coefficient (Wildman–Crippen LogP) is 0.243. The molecular formula is C11H15NO5. The maximum absolute atomic E-state index is 11.1. The van der Waals surface area contributed by atoms with Crippen molar-refractivity contribution in [1.82, 2.24) is 5.32 Å². The van der Waals surface area contributed by atoms with Gasteiger partial charge >= 0.3 is 11.9 Å². The lowest BCUT2D eigenvalue weighted by Gasteiger charge is -2.31. The van der Waals surface area contributed by atoms with Crippen LogP contribution in [0.25, 0.3) is 0 Å². The summed E-state index contributed by atoms with van der Waals surface area (Å²) in [5.74, 6) is -3.90. The van der Waals surface area contributed by atoms with Crippen LogP contribution in [-0.4, -0.2) is 34.1 Å². The molecule has 94 valence electrons. The molecule has 0 heterocycles. The molecule has 1 fully saturated rings. The second kappa shape index (κ2) is 5.47. The van der Waals surface area contributed by atoms with Crippen molar-refractivity contribution >= 4 is 17.8 Å². The summed E-state index contributed by atoms with van der Waals surface area (Å²) in [6.45, 7) is 3.29. The van der Waals surface area contributed by atoms with E-state index < -0.39 is 35.7 Å². The van der Waals surface area contributed by atoms with Crippen molar-refractivity contribution < 1.29 is 24.6 Å². The lowest BCUT2D eigenvalue weighted by Crippen LogP contribution is -2.43. The van der Waals surface area contributed by atoms with Crippen molar-refractivity contribution in [3.05, 3.63) is 12.7 Å². The van der Waals surface area contributed by atoms with Crippen LogP contribution in [0.4, 0.5) is 0 Å². The first kappa shape index (κ1) is 13.2. The number of hydrogen-bond donors (Lipinski definition) is 3. The van der Waals surface area contributed by atoms with Crippen LogP contribution >= 0.6 is 0 Å². The predicted molar refractivity (Wildman–Crippen MR) is 58.2 cm³/mol. The molecule has 0 bridgehead atoms. The highest BCUT2D eigenvalue weighted by molar-refractivity contribution is 5.87. The van der Waals surface area contributed by atoms with Gasteiger partial charge in [0, 0.05) is 6.04 Å². The van der Waals surface area contributed by atoms with Gasteiger partial charge in [-0.2, -0.15) is 0 Å². The SMILES string of the molecule is C=CC(=O)NC1CC(C(=O)O)CC(C(=O)O)C1. The normalized spacial score (nSPS) is 28.1. The molecule has 3 N–H and O–H groups in total. The first-order valence-electron chi connectivity index (χ1n) is 5.32. The smallest absolute Gasteiger partial charge is 0.306 e. The third kappa shape index (κ3) is 3.58. The van der Waals surface area contributed by atoms with E-state index in [0.29, 0.717) is 0 Å². The van der Waals surface area contributed by atoms with Crippen molar-refractivity contribution in [2.75, 3.05) is 0 Å². The Labute approximate surface area is 98.3 Å². The van der Waals surface area contributed by atoms with Gasteiger partial charge in [0.25, 0.3) is 0 Å². The van der Waals surface area contributed by atoms with Gasteiger partial charge in [0.1, 0.15) is 0 Å². The summed E-state index contributed by atoms with van der Waals surface area (Å²) in [7, 11) is 0. The molecule has 1 aliphatic rings. The monoisotopic (exact) mass is 241 g/mol. The first-order valence-corrected chi connectivity index (χ1v) is 5.32. The molecule has 1 aliphatic carbocycles. The Balaban J connectivity index is 2.71. The molecule has 2 atom stereocenters. The summed E-state index contributed by atoms with van der Waals surface area (Å²) in [5.41, 5.74) is 0. The fourth-order valence-electron chi connectivity index (χ4n) is 2.10. The number of carbonyl (C=O) groups is 3. The van der Waals surface area contributed by atoms with E-state index in [1.54, 1.807) is 0 Å². The number of aliphatic carboxylic acids is 2. The Bertz CT molecular complexity index is 330. The Hall–Kier alpha value is -1.85. The lowest BCUT2D eigenvalue weighted by molar-refractivity contribution is -0.149. The fourth-order valence-corrected chi connectivity index (χ4v) is 2.10. The van der Waals surface area contributed by atoms with E-state index in [0.717, 1.165) is 6.08 Å². The van der Waals surface area contributed by atoms with Crippen LogP contribution in [0.3, 0.4) is 0 Å². The molecule has 2 unspecified atom stereocenters. The quantitative estimate of drug-likeness (QED) is 0.612. The second-order valence-corrected chi connectivity index (χ2v) is 4.19. The summed E-state index contributed by atoms with van der Waals surface area (Å²) in [4.78, 5) is 32.9. The first-order chi connectivity index (χ1) is 7.93. The van der Waals surface area contributed by atoms with Crippen LogP contribution < -0.4 is 5.32 Å². The maximum Gasteiger partial charge on any atom is 0.306 e. The van der Waals surface area contributed by atoms with Gasteiger partial charge in [0.05, 0.1) is 11.8 Å². The largest absolute Gasteiger partial charge is 0.481 e. The average molecular weight is 241 g/mol. The average Bonchev–Trinajstić information content (AvgIpc) is 2.28. The van der Waals surface area contributed by atoms with E-state index in [9.17, 15) is 14.4 Å². The lowest BCUT2D eigenvalue weighted by atomic mass is 9.78. The minimum absolute atomic E-state index is 0.116. The van der Waals surface area contributed by atoms with Gasteiger partial charge in [-0.25, -0.2) is 0 Å². The molecule has 1 rings (SSSR count). The van der Waals surface area contributed by atoms with Crippen molar-refractivity contribution in [2.45, 2.75) is 25.3 Å². The number of rotatable bonds is 4. The molecule has 0 aromatic carbocycles. The minimum atomic E-state index is -1.02. The highest BCUT2D eigenvalue weighted by atomic mass is 16.4. The topological polar surface area (TPSA) is 104 Å². The van der Waals surface area contributed by atoms with Gasteiger partial charge in [-0.15, -0.1) is 0 Å². The molecule has 0 saturated heterocycles. The highest BCUT2D eigenvalue weighted by Crippen LogP contribution is 2.29. The summed E-state index contributed by atoms with van der Waals surface area (Å²) in [5, 5.41) is 20.4. The van der Waals surface area contributed by atoms with E-state index in [1.165, 1.54) is 0 Å². The number of nitrogens with one attached hydrogen (secondary N) is 1. The third-order valence-corrected chi connectivity index (χ3v) is 2.94. The molecule has 1 saturated carbocycles. The fraction of sp³-hybridized carbons (Fsp3) is 0.545. The summed E-state index contributed by atoms with van der Waals surface area (Å²) >= 11 is 0. The number of carbonyl (C=O) groups excluding carboxylic acids is 1. The van der Waals surface area contributed by atoms with Gasteiger partial charge in [-0.1, -0.05) is 6.58 Å². The van der Waals surface area contributed by atoms with Gasteiger partial charge < -0.3 is 15.5 Å². The minimum Gasteiger partial charge on any atom is -0.481 e. The van der Waals surface area contributed by atoms with Gasteiger partial charge in [0.15, 0.2) is 0 Å². The van der Waals surface area contributed by atoms with Gasteiger partial charge in [0.2, 0.25) is 5.91 Å². The maximum atomic E-state index is 11.1. The molecule has 17 heavy (non-hydrogen) atoms. The van der Waals surface area contributed by atoms with Crippen molar-refractivity contribution in [2.24, 2.45) is 11.8 Å². The van der Waals surface area contributed by atoms with E-state index in [2.05, 4.69) is 11.9 Å². The van der Waals surface area contributed by atoms with Crippen LogP contribution in [-0.2, 0) is 14.4 Å². The molecule has 0 aromatic rings. The van der Waals surface area contributed by atoms with E-state index >= 15 is 0 Å². The van der Waals surface area contributed by atoms with Gasteiger partial charge in [-0.3, -0.25) is 14.4 Å². The van der Waals surface area contributed by atoms with Crippen LogP contribution in [0.15, 0.2) is 12.7 Å². The third-order valence-electron chi connectivity index (χ3n) is 2.94. The van der Waals surface area contributed by atoms with Crippen LogP contribution in [0.1, 0.15) is 19.3 Å². The Morgan fingerprint density at radius 1 is 1.06 bits per heavy atom. The molecule has 6 nitrogen and oxygen atoms in total. The van der Waals surface area contributed by atoms with Gasteiger partial charge in [-0.05, 0) is 25.3 Å². The Kier molecular flexibility index (Phi) is 4.25. The van der Waals surface area contributed by atoms with Crippen LogP contribution in [0, 0.1) is 11.8 Å². The number of carboxylic acids is 2. The van der Waals surface area contributed by atoms with Crippen LogP contribution in [0.5, 0.6) is 0 Å². The molecule has 0 radical (unpaired) electrons. The highest BCUT2D eigenvalue weighted by Gasteiger charge is 2.36. The molecule has 0 aromatic heterocycles.